The first-order valence-corrected chi connectivity index (χ1v) is 9.53. The Labute approximate surface area is 152 Å². The van der Waals surface area contributed by atoms with Crippen LogP contribution in [0.4, 0.5) is 0 Å². The Balaban J connectivity index is 1.63. The molecule has 3 rings (SSSR count). The van der Waals surface area contributed by atoms with E-state index in [4.69, 9.17) is 4.74 Å². The second kappa shape index (κ2) is 7.87. The normalized spacial score (nSPS) is 13.9. The smallest absolute Gasteiger partial charge is 0.191 e. The van der Waals surface area contributed by atoms with Crippen molar-refractivity contribution in [1.82, 2.24) is 14.8 Å². The van der Waals surface area contributed by atoms with Gasteiger partial charge in [-0.15, -0.1) is 16.8 Å². The Hall–Kier alpha value is -2.08. The molecule has 0 radical (unpaired) electrons. The highest BCUT2D eigenvalue weighted by molar-refractivity contribution is 7.99. The molecule has 1 aromatic carbocycles. The molecule has 132 valence electrons. The molecule has 1 aromatic heterocycles. The SMILES string of the molecule is C=CCn1c(SCC(=O)c2ccc(OC(C)C)cc2)nnc1C1CC1. The first-order valence-electron chi connectivity index (χ1n) is 8.55. The predicted molar refractivity (Wildman–Crippen MR) is 99.5 cm³/mol. The number of rotatable bonds is 9. The van der Waals surface area contributed by atoms with Crippen LogP contribution in [0.2, 0.25) is 0 Å². The zero-order valence-corrected chi connectivity index (χ0v) is 15.5. The lowest BCUT2D eigenvalue weighted by Crippen LogP contribution is -2.07. The Bertz CT molecular complexity index is 749. The number of benzene rings is 1. The molecule has 0 bridgehead atoms. The maximum absolute atomic E-state index is 12.4. The summed E-state index contributed by atoms with van der Waals surface area (Å²) in [5.41, 5.74) is 0.681. The highest BCUT2D eigenvalue weighted by Crippen LogP contribution is 2.40. The summed E-state index contributed by atoms with van der Waals surface area (Å²) >= 11 is 1.43. The van der Waals surface area contributed by atoms with Crippen LogP contribution in [0.5, 0.6) is 5.75 Å². The minimum atomic E-state index is 0.0715. The van der Waals surface area contributed by atoms with Gasteiger partial charge in [-0.05, 0) is 51.0 Å². The van der Waals surface area contributed by atoms with Gasteiger partial charge in [0.15, 0.2) is 10.9 Å². The molecule has 1 fully saturated rings. The summed E-state index contributed by atoms with van der Waals surface area (Å²) in [4.78, 5) is 12.4. The number of nitrogens with zero attached hydrogens (tertiary/aromatic N) is 3. The molecule has 0 aliphatic heterocycles. The Morgan fingerprint density at radius 3 is 2.68 bits per heavy atom. The first-order chi connectivity index (χ1) is 12.1. The summed E-state index contributed by atoms with van der Waals surface area (Å²) in [5.74, 6) is 2.72. The molecule has 1 heterocycles. The molecule has 0 spiro atoms. The van der Waals surface area contributed by atoms with Crippen molar-refractivity contribution in [3.63, 3.8) is 0 Å². The molecular formula is C19H23N3O2S. The van der Waals surface area contributed by atoms with E-state index in [1.54, 1.807) is 0 Å². The minimum Gasteiger partial charge on any atom is -0.491 e. The van der Waals surface area contributed by atoms with Crippen molar-refractivity contribution in [3.8, 4) is 5.75 Å². The maximum atomic E-state index is 12.4. The lowest BCUT2D eigenvalue weighted by atomic mass is 10.1. The number of Topliss-reactive ketones (excluding diaryl/α,β-unsaturated/α-hetero) is 1. The topological polar surface area (TPSA) is 57.0 Å². The predicted octanol–water partition coefficient (Wildman–Crippen LogP) is 4.10. The van der Waals surface area contributed by atoms with Gasteiger partial charge in [0.05, 0.1) is 11.9 Å². The van der Waals surface area contributed by atoms with Gasteiger partial charge in [-0.2, -0.15) is 0 Å². The van der Waals surface area contributed by atoms with Crippen molar-refractivity contribution >= 4 is 17.5 Å². The fraction of sp³-hybridized carbons (Fsp3) is 0.421. The van der Waals surface area contributed by atoms with Crippen molar-refractivity contribution in [2.75, 3.05) is 5.75 Å². The lowest BCUT2D eigenvalue weighted by Gasteiger charge is -2.10. The van der Waals surface area contributed by atoms with E-state index in [9.17, 15) is 4.79 Å². The summed E-state index contributed by atoms with van der Waals surface area (Å²) < 4.78 is 7.68. The fourth-order valence-electron chi connectivity index (χ4n) is 2.56. The zero-order chi connectivity index (χ0) is 17.8. The molecule has 0 atom stereocenters. The average Bonchev–Trinajstić information content (AvgIpc) is 3.35. The number of carbonyl (C=O) groups excluding carboxylic acids is 1. The van der Waals surface area contributed by atoms with Crippen LogP contribution >= 0.6 is 11.8 Å². The third-order valence-electron chi connectivity index (χ3n) is 3.88. The Morgan fingerprint density at radius 2 is 2.08 bits per heavy atom. The van der Waals surface area contributed by atoms with Gasteiger partial charge in [-0.3, -0.25) is 4.79 Å². The van der Waals surface area contributed by atoms with Gasteiger partial charge >= 0.3 is 0 Å². The van der Waals surface area contributed by atoms with E-state index in [1.807, 2.05) is 44.2 Å². The number of allylic oxidation sites excluding steroid dienone is 1. The number of thioether (sulfide) groups is 1. The molecule has 1 saturated carbocycles. The van der Waals surface area contributed by atoms with Crippen LogP contribution in [0.25, 0.3) is 0 Å². The third kappa shape index (κ3) is 4.51. The lowest BCUT2D eigenvalue weighted by molar-refractivity contribution is 0.102. The van der Waals surface area contributed by atoms with Crippen LogP contribution in [0, 0.1) is 0 Å². The second-order valence-electron chi connectivity index (χ2n) is 6.42. The van der Waals surface area contributed by atoms with Crippen LogP contribution in [0.1, 0.15) is 48.8 Å². The number of hydrogen-bond donors (Lipinski definition) is 0. The van der Waals surface area contributed by atoms with Crippen LogP contribution < -0.4 is 4.74 Å². The van der Waals surface area contributed by atoms with Gasteiger partial charge in [-0.25, -0.2) is 0 Å². The highest BCUT2D eigenvalue weighted by Gasteiger charge is 2.30. The molecule has 6 heteroatoms. The molecule has 5 nitrogen and oxygen atoms in total. The van der Waals surface area contributed by atoms with Gasteiger partial charge in [-0.1, -0.05) is 17.8 Å². The second-order valence-corrected chi connectivity index (χ2v) is 7.36. The van der Waals surface area contributed by atoms with Crippen molar-refractivity contribution in [2.45, 2.75) is 50.4 Å². The van der Waals surface area contributed by atoms with Crippen LogP contribution in [-0.4, -0.2) is 32.4 Å². The molecule has 0 saturated heterocycles. The number of aromatic nitrogens is 3. The van der Waals surface area contributed by atoms with Gasteiger partial charge in [0.1, 0.15) is 11.6 Å². The van der Waals surface area contributed by atoms with E-state index in [1.165, 1.54) is 24.6 Å². The standard InChI is InChI=1S/C19H23N3O2S/c1-4-11-22-18(15-5-6-15)20-21-19(22)25-12-17(23)14-7-9-16(10-8-14)24-13(2)3/h4,7-10,13,15H,1,5-6,11-12H2,2-3H3. The average molecular weight is 357 g/mol. The molecular weight excluding hydrogens is 334 g/mol. The molecule has 0 unspecified atom stereocenters. The summed E-state index contributed by atoms with van der Waals surface area (Å²) in [6.45, 7) is 8.44. The largest absolute Gasteiger partial charge is 0.491 e. The van der Waals surface area contributed by atoms with E-state index in [2.05, 4.69) is 21.3 Å². The molecule has 2 aromatic rings. The van der Waals surface area contributed by atoms with Crippen molar-refractivity contribution in [3.05, 3.63) is 48.3 Å². The van der Waals surface area contributed by atoms with Crippen LogP contribution in [-0.2, 0) is 6.54 Å². The van der Waals surface area contributed by atoms with E-state index >= 15 is 0 Å². The molecule has 0 amide bonds. The molecule has 1 aliphatic rings. The minimum absolute atomic E-state index is 0.0715. The first kappa shape index (κ1) is 17.7. The van der Waals surface area contributed by atoms with E-state index in [0.29, 0.717) is 23.8 Å². The van der Waals surface area contributed by atoms with Crippen LogP contribution in [0.15, 0.2) is 42.1 Å². The van der Waals surface area contributed by atoms with Crippen LogP contribution in [0.3, 0.4) is 0 Å². The van der Waals surface area contributed by atoms with Gasteiger partial charge in [0.25, 0.3) is 0 Å². The number of ketones is 1. The van der Waals surface area contributed by atoms with Crippen molar-refractivity contribution < 1.29 is 9.53 Å². The van der Waals surface area contributed by atoms with Gasteiger partial charge in [0.2, 0.25) is 0 Å². The van der Waals surface area contributed by atoms with Gasteiger partial charge < -0.3 is 9.30 Å². The monoisotopic (exact) mass is 357 g/mol. The molecule has 0 N–H and O–H groups in total. The Kier molecular flexibility index (Phi) is 5.58. The Morgan fingerprint density at radius 1 is 1.36 bits per heavy atom. The zero-order valence-electron chi connectivity index (χ0n) is 14.6. The summed E-state index contributed by atoms with van der Waals surface area (Å²) in [5, 5.41) is 9.35. The van der Waals surface area contributed by atoms with E-state index < -0.39 is 0 Å². The molecule has 25 heavy (non-hydrogen) atoms. The van der Waals surface area contributed by atoms with Gasteiger partial charge in [0, 0.05) is 18.0 Å². The van der Waals surface area contributed by atoms with E-state index in [-0.39, 0.29) is 11.9 Å². The van der Waals surface area contributed by atoms with E-state index in [0.717, 1.165) is 16.7 Å². The summed E-state index contributed by atoms with van der Waals surface area (Å²) in [6.07, 6.45) is 4.30. The summed E-state index contributed by atoms with van der Waals surface area (Å²) in [6, 6.07) is 7.29. The maximum Gasteiger partial charge on any atom is 0.191 e. The third-order valence-corrected chi connectivity index (χ3v) is 4.85. The number of ether oxygens (including phenoxy) is 1. The number of carbonyl (C=O) groups is 1. The number of hydrogen-bond acceptors (Lipinski definition) is 5. The van der Waals surface area contributed by atoms with Crippen molar-refractivity contribution in [1.29, 1.82) is 0 Å². The molecule has 1 aliphatic carbocycles. The van der Waals surface area contributed by atoms with Crippen molar-refractivity contribution in [2.24, 2.45) is 0 Å². The fourth-order valence-corrected chi connectivity index (χ4v) is 3.41. The highest BCUT2D eigenvalue weighted by atomic mass is 32.2. The summed E-state index contributed by atoms with van der Waals surface area (Å²) in [7, 11) is 0. The quantitative estimate of drug-likeness (QED) is 0.384.